The lowest BCUT2D eigenvalue weighted by atomic mass is 9.53. The molecule has 0 aromatic heterocycles. The molecule has 1 aromatic carbocycles. The summed E-state index contributed by atoms with van der Waals surface area (Å²) in [5.74, 6) is 0.342. The minimum Gasteiger partial charge on any atom is -0.347 e. The van der Waals surface area contributed by atoms with Gasteiger partial charge < -0.3 is 11.1 Å². The molecule has 4 fully saturated rings. The zero-order valence-corrected chi connectivity index (χ0v) is 16.7. The molecule has 0 unspecified atom stereocenters. The van der Waals surface area contributed by atoms with Crippen LogP contribution in [0.4, 0.5) is 4.39 Å². The van der Waals surface area contributed by atoms with Crippen LogP contribution in [0.1, 0.15) is 48.9 Å². The van der Waals surface area contributed by atoms with E-state index in [0.29, 0.717) is 23.3 Å². The average molecular weight is 407 g/mol. The first kappa shape index (κ1) is 19.6. The third kappa shape index (κ3) is 3.87. The minimum absolute atomic E-state index is 0.0498. The first-order valence-corrected chi connectivity index (χ1v) is 11.6. The fourth-order valence-corrected chi connectivity index (χ4v) is 7.10. The third-order valence-electron chi connectivity index (χ3n) is 6.54. The molecular weight excluding hydrogens is 379 g/mol. The van der Waals surface area contributed by atoms with Gasteiger partial charge in [0.25, 0.3) is 5.91 Å². The fourth-order valence-electron chi connectivity index (χ4n) is 5.86. The summed E-state index contributed by atoms with van der Waals surface area (Å²) in [4.78, 5) is 12.9. The van der Waals surface area contributed by atoms with Crippen molar-refractivity contribution < 1.29 is 17.6 Å². The molecule has 0 atom stereocenters. The van der Waals surface area contributed by atoms with E-state index >= 15 is 0 Å². The van der Waals surface area contributed by atoms with Crippen molar-refractivity contribution in [1.29, 1.82) is 0 Å². The Bertz CT molecular complexity index is 875. The molecular formula is C21H27FN2O3S. The third-order valence-corrected chi connectivity index (χ3v) is 8.17. The van der Waals surface area contributed by atoms with E-state index < -0.39 is 21.4 Å². The van der Waals surface area contributed by atoms with E-state index in [1.165, 1.54) is 37.5 Å². The lowest BCUT2D eigenvalue weighted by Gasteiger charge is -2.56. The van der Waals surface area contributed by atoms with Gasteiger partial charge >= 0.3 is 0 Å². The minimum atomic E-state index is -3.87. The molecule has 152 valence electrons. The smallest absolute Gasteiger partial charge is 0.251 e. The Morgan fingerprint density at radius 3 is 2.36 bits per heavy atom. The van der Waals surface area contributed by atoms with Crippen LogP contribution in [0.15, 0.2) is 41.1 Å². The summed E-state index contributed by atoms with van der Waals surface area (Å²) in [6, 6.07) is 5.89. The molecule has 5 nitrogen and oxygen atoms in total. The zero-order valence-electron chi connectivity index (χ0n) is 15.9. The molecule has 0 radical (unpaired) electrons. The van der Waals surface area contributed by atoms with Crippen molar-refractivity contribution in [2.24, 2.45) is 23.5 Å². The van der Waals surface area contributed by atoms with Crippen LogP contribution in [0, 0.1) is 17.8 Å². The molecule has 4 aliphatic rings. The Morgan fingerprint density at radius 1 is 1.18 bits per heavy atom. The first-order chi connectivity index (χ1) is 13.3. The SMILES string of the molecule is NC/C=C(\F)CS(=O)(=O)c1cccc(C(=O)NC23CC4CC(CC(C4)C2)C3)c1. The highest BCUT2D eigenvalue weighted by molar-refractivity contribution is 7.91. The Morgan fingerprint density at radius 2 is 1.79 bits per heavy atom. The molecule has 4 aliphatic carbocycles. The zero-order chi connectivity index (χ0) is 19.9. The molecule has 0 saturated heterocycles. The van der Waals surface area contributed by atoms with Gasteiger partial charge in [0.2, 0.25) is 0 Å². The molecule has 0 aliphatic heterocycles. The number of nitrogens with one attached hydrogen (secondary N) is 1. The van der Waals surface area contributed by atoms with Crippen molar-refractivity contribution >= 4 is 15.7 Å². The van der Waals surface area contributed by atoms with Crippen molar-refractivity contribution in [2.75, 3.05) is 12.3 Å². The number of nitrogens with two attached hydrogens (primary N) is 1. The van der Waals surface area contributed by atoms with E-state index in [2.05, 4.69) is 5.32 Å². The van der Waals surface area contributed by atoms with Crippen LogP contribution in [-0.4, -0.2) is 32.2 Å². The van der Waals surface area contributed by atoms with Crippen LogP contribution in [-0.2, 0) is 9.84 Å². The van der Waals surface area contributed by atoms with Crippen LogP contribution in [0.5, 0.6) is 0 Å². The van der Waals surface area contributed by atoms with E-state index in [4.69, 9.17) is 5.73 Å². The summed E-state index contributed by atoms with van der Waals surface area (Å²) in [6.07, 6.45) is 7.97. The summed E-state index contributed by atoms with van der Waals surface area (Å²) >= 11 is 0. The van der Waals surface area contributed by atoms with Gasteiger partial charge in [-0.3, -0.25) is 4.79 Å². The molecule has 0 spiro atoms. The summed E-state index contributed by atoms with van der Waals surface area (Å²) in [5.41, 5.74) is 5.39. The molecule has 28 heavy (non-hydrogen) atoms. The molecule has 5 rings (SSSR count). The highest BCUT2D eigenvalue weighted by Crippen LogP contribution is 2.55. The number of carbonyl (C=O) groups excluding carboxylic acids is 1. The van der Waals surface area contributed by atoms with Crippen molar-refractivity contribution in [3.63, 3.8) is 0 Å². The lowest BCUT2D eigenvalue weighted by Crippen LogP contribution is -2.59. The highest BCUT2D eigenvalue weighted by atomic mass is 32.2. The average Bonchev–Trinajstić information content (AvgIpc) is 2.60. The van der Waals surface area contributed by atoms with Gasteiger partial charge in [0, 0.05) is 17.6 Å². The highest BCUT2D eigenvalue weighted by Gasteiger charge is 2.51. The number of benzene rings is 1. The maximum atomic E-state index is 13.7. The Kier molecular flexibility index (Phi) is 5.08. The van der Waals surface area contributed by atoms with E-state index in [1.54, 1.807) is 6.07 Å². The van der Waals surface area contributed by atoms with Crippen LogP contribution in [0.2, 0.25) is 0 Å². The summed E-state index contributed by atoms with van der Waals surface area (Å²) < 4.78 is 38.6. The molecule has 7 heteroatoms. The summed E-state index contributed by atoms with van der Waals surface area (Å²) in [5, 5.41) is 3.24. The van der Waals surface area contributed by atoms with Crippen molar-refractivity contribution in [3.8, 4) is 0 Å². The van der Waals surface area contributed by atoms with E-state index in [0.717, 1.165) is 25.3 Å². The van der Waals surface area contributed by atoms with Crippen LogP contribution >= 0.6 is 0 Å². The van der Waals surface area contributed by atoms with Gasteiger partial charge in [0.05, 0.1) is 4.90 Å². The molecule has 3 N–H and O–H groups in total. The Hall–Kier alpha value is -1.73. The largest absolute Gasteiger partial charge is 0.347 e. The number of halogens is 1. The number of sulfone groups is 1. The number of carbonyl (C=O) groups is 1. The molecule has 1 aromatic rings. The second kappa shape index (κ2) is 7.26. The fraction of sp³-hybridized carbons (Fsp3) is 0.571. The van der Waals surface area contributed by atoms with Gasteiger partial charge in [-0.2, -0.15) is 0 Å². The quantitative estimate of drug-likeness (QED) is 0.760. The van der Waals surface area contributed by atoms with Crippen LogP contribution in [0.25, 0.3) is 0 Å². The number of rotatable bonds is 6. The molecule has 4 saturated carbocycles. The Balaban J connectivity index is 1.52. The second-order valence-corrected chi connectivity index (χ2v) is 10.8. The monoisotopic (exact) mass is 406 g/mol. The van der Waals surface area contributed by atoms with Crippen molar-refractivity contribution in [2.45, 2.75) is 49.0 Å². The first-order valence-electron chi connectivity index (χ1n) is 9.98. The van der Waals surface area contributed by atoms with Gasteiger partial charge in [-0.15, -0.1) is 0 Å². The van der Waals surface area contributed by atoms with Crippen LogP contribution in [0.3, 0.4) is 0 Å². The number of amides is 1. The van der Waals surface area contributed by atoms with Crippen molar-refractivity contribution in [1.82, 2.24) is 5.32 Å². The standard InChI is InChI=1S/C21H27FN2O3S/c22-18(4-5-23)13-28(26,27)19-3-1-2-17(9-19)20(25)24-21-10-14-6-15(11-21)8-16(7-14)12-21/h1-4,9,14-16H,5-8,10-13,23H2,(H,24,25)/b18-4-. The normalized spacial score (nSPS) is 31.8. The van der Waals surface area contributed by atoms with Crippen LogP contribution < -0.4 is 11.1 Å². The van der Waals surface area contributed by atoms with E-state index in [-0.39, 0.29) is 22.9 Å². The molecule has 4 bridgehead atoms. The number of hydrogen-bond acceptors (Lipinski definition) is 4. The maximum absolute atomic E-state index is 13.7. The van der Waals surface area contributed by atoms with Gasteiger partial charge in [-0.25, -0.2) is 12.8 Å². The summed E-state index contributed by atoms with van der Waals surface area (Å²) in [7, 11) is -3.87. The topological polar surface area (TPSA) is 89.3 Å². The summed E-state index contributed by atoms with van der Waals surface area (Å²) in [6.45, 7) is -0.0607. The Labute approximate surface area is 165 Å². The molecule has 1 amide bonds. The predicted octanol–water partition coefficient (Wildman–Crippen LogP) is 2.97. The predicted molar refractivity (Wildman–Crippen MR) is 105 cm³/mol. The lowest BCUT2D eigenvalue weighted by molar-refractivity contribution is -0.0167. The van der Waals surface area contributed by atoms with E-state index in [9.17, 15) is 17.6 Å². The van der Waals surface area contributed by atoms with E-state index in [1.807, 2.05) is 0 Å². The molecule has 0 heterocycles. The number of hydrogen-bond donors (Lipinski definition) is 2. The van der Waals surface area contributed by atoms with Gasteiger partial charge in [-0.05, 0) is 80.6 Å². The van der Waals surface area contributed by atoms with Gasteiger partial charge in [0.1, 0.15) is 11.6 Å². The maximum Gasteiger partial charge on any atom is 0.251 e. The second-order valence-electron chi connectivity index (χ2n) is 8.83. The van der Waals surface area contributed by atoms with Gasteiger partial charge in [-0.1, -0.05) is 6.07 Å². The van der Waals surface area contributed by atoms with Gasteiger partial charge in [0.15, 0.2) is 9.84 Å². The van der Waals surface area contributed by atoms with Crippen molar-refractivity contribution in [3.05, 3.63) is 41.7 Å².